The minimum Gasteiger partial charge on any atom is -0.478 e. The molecule has 2 aromatic carbocycles. The van der Waals surface area contributed by atoms with E-state index in [1.165, 1.54) is 23.5 Å². The highest BCUT2D eigenvalue weighted by Gasteiger charge is 2.34. The van der Waals surface area contributed by atoms with Crippen LogP contribution in [0.1, 0.15) is 48.5 Å². The number of nitrogens with zero attached hydrogens (tertiary/aromatic N) is 3. The number of allylic oxidation sites excluding steroid dienone is 1. The van der Waals surface area contributed by atoms with Crippen LogP contribution in [0.3, 0.4) is 0 Å². The Morgan fingerprint density at radius 1 is 1.10 bits per heavy atom. The molecular formula is C30H25Cl2N3O5S. The largest absolute Gasteiger partial charge is 0.478 e. The minimum absolute atomic E-state index is 0.0388. The average molecular weight is 611 g/mol. The summed E-state index contributed by atoms with van der Waals surface area (Å²) in [4.78, 5) is 45.9. The van der Waals surface area contributed by atoms with Crippen molar-refractivity contribution < 1.29 is 19.1 Å². The molecule has 41 heavy (non-hydrogen) atoms. The zero-order chi connectivity index (χ0) is 29.4. The number of amides is 1. The predicted octanol–water partition coefficient (Wildman–Crippen LogP) is 5.37. The van der Waals surface area contributed by atoms with Gasteiger partial charge in [0.15, 0.2) is 4.80 Å². The van der Waals surface area contributed by atoms with Gasteiger partial charge in [0.25, 0.3) is 11.5 Å². The highest BCUT2D eigenvalue weighted by molar-refractivity contribution is 7.07. The van der Waals surface area contributed by atoms with Gasteiger partial charge in [-0.05, 0) is 68.8 Å². The Balaban J connectivity index is 1.62. The third kappa shape index (κ3) is 5.40. The van der Waals surface area contributed by atoms with Gasteiger partial charge in [0, 0.05) is 29.8 Å². The number of carboxylic acid groups (broad SMARTS) is 1. The molecule has 4 aromatic rings. The summed E-state index contributed by atoms with van der Waals surface area (Å²) < 4.78 is 7.87. The second-order valence-corrected chi connectivity index (χ2v) is 11.2. The van der Waals surface area contributed by atoms with E-state index >= 15 is 0 Å². The van der Waals surface area contributed by atoms with E-state index in [1.807, 2.05) is 26.0 Å². The summed E-state index contributed by atoms with van der Waals surface area (Å²) in [6.45, 7) is 6.65. The molecule has 1 aliphatic rings. The number of furan rings is 1. The lowest BCUT2D eigenvalue weighted by molar-refractivity contribution is -0.127. The second kappa shape index (κ2) is 11.5. The molecular weight excluding hydrogens is 585 g/mol. The summed E-state index contributed by atoms with van der Waals surface area (Å²) in [5.41, 5.74) is 1.90. The van der Waals surface area contributed by atoms with Crippen molar-refractivity contribution in [2.45, 2.75) is 26.8 Å². The van der Waals surface area contributed by atoms with Gasteiger partial charge in [0.1, 0.15) is 11.5 Å². The fourth-order valence-electron chi connectivity index (χ4n) is 4.79. The fourth-order valence-corrected chi connectivity index (χ4v) is 6.14. The molecule has 0 spiro atoms. The summed E-state index contributed by atoms with van der Waals surface area (Å²) in [5.74, 6) is -0.501. The number of hydrogen-bond acceptors (Lipinski definition) is 6. The lowest BCUT2D eigenvalue weighted by Crippen LogP contribution is -2.43. The van der Waals surface area contributed by atoms with Crippen molar-refractivity contribution in [3.63, 3.8) is 0 Å². The lowest BCUT2D eigenvalue weighted by atomic mass is 9.94. The molecule has 1 aliphatic heterocycles. The number of aromatic nitrogens is 1. The van der Waals surface area contributed by atoms with Crippen molar-refractivity contribution >= 4 is 52.5 Å². The number of carbonyl (C=O) groups excluding carboxylic acids is 1. The summed E-state index contributed by atoms with van der Waals surface area (Å²) in [6.07, 6.45) is 1.62. The molecule has 0 saturated carbocycles. The van der Waals surface area contributed by atoms with Crippen molar-refractivity contribution in [2.24, 2.45) is 4.99 Å². The number of fused-ring (bicyclic) bond motifs is 1. The lowest BCUT2D eigenvalue weighted by Gasteiger charge is -2.29. The smallest absolute Gasteiger partial charge is 0.337 e. The van der Waals surface area contributed by atoms with Gasteiger partial charge in [-0.25, -0.2) is 9.79 Å². The first kappa shape index (κ1) is 28.6. The Labute approximate surface area is 249 Å². The summed E-state index contributed by atoms with van der Waals surface area (Å²) in [7, 11) is 0. The molecule has 2 aromatic heterocycles. The van der Waals surface area contributed by atoms with Crippen LogP contribution in [0.5, 0.6) is 0 Å². The highest BCUT2D eigenvalue weighted by Crippen LogP contribution is 2.32. The molecule has 1 N–H and O–H groups in total. The number of carboxylic acids is 1. The van der Waals surface area contributed by atoms with E-state index in [0.717, 1.165) is 5.56 Å². The Bertz CT molecular complexity index is 1880. The van der Waals surface area contributed by atoms with Crippen molar-refractivity contribution in [2.75, 3.05) is 13.1 Å². The number of thiazole rings is 1. The van der Waals surface area contributed by atoms with E-state index in [0.29, 0.717) is 55.8 Å². The molecule has 5 rings (SSSR count). The van der Waals surface area contributed by atoms with E-state index in [4.69, 9.17) is 27.6 Å². The SMILES string of the molecule is CCN(CC)C(=O)C1=C(C)N=c2s/c(=C/c3ccc(-c4ccc(Cl)c(C(=O)O)c4)o3)c(=O)n2[C@H]1c1ccc(Cl)cc1. The first-order valence-electron chi connectivity index (χ1n) is 12.8. The monoisotopic (exact) mass is 609 g/mol. The molecule has 3 heterocycles. The van der Waals surface area contributed by atoms with Gasteiger partial charge >= 0.3 is 5.97 Å². The predicted molar refractivity (Wildman–Crippen MR) is 159 cm³/mol. The normalized spacial score (nSPS) is 15.0. The van der Waals surface area contributed by atoms with Crippen LogP contribution in [0.15, 0.2) is 80.1 Å². The van der Waals surface area contributed by atoms with E-state index in [2.05, 4.69) is 4.99 Å². The molecule has 0 aliphatic carbocycles. The zero-order valence-electron chi connectivity index (χ0n) is 22.4. The van der Waals surface area contributed by atoms with Gasteiger partial charge in [0.2, 0.25) is 0 Å². The van der Waals surface area contributed by atoms with Gasteiger partial charge in [-0.3, -0.25) is 14.2 Å². The molecule has 0 unspecified atom stereocenters. The summed E-state index contributed by atoms with van der Waals surface area (Å²) in [5, 5.41) is 10.1. The van der Waals surface area contributed by atoms with E-state index in [1.54, 1.807) is 52.8 Å². The van der Waals surface area contributed by atoms with Crippen LogP contribution in [-0.2, 0) is 4.79 Å². The van der Waals surface area contributed by atoms with Crippen LogP contribution in [0.25, 0.3) is 17.4 Å². The van der Waals surface area contributed by atoms with E-state index < -0.39 is 12.0 Å². The van der Waals surface area contributed by atoms with Crippen LogP contribution < -0.4 is 14.9 Å². The number of carbonyl (C=O) groups is 2. The first-order valence-corrected chi connectivity index (χ1v) is 14.4. The minimum atomic E-state index is -1.14. The van der Waals surface area contributed by atoms with Crippen LogP contribution in [0.4, 0.5) is 0 Å². The summed E-state index contributed by atoms with van der Waals surface area (Å²) in [6, 6.07) is 14.4. The van der Waals surface area contributed by atoms with Crippen LogP contribution in [-0.4, -0.2) is 39.5 Å². The molecule has 210 valence electrons. The number of rotatable bonds is 7. The fraction of sp³-hybridized carbons (Fsp3) is 0.200. The quantitative estimate of drug-likeness (QED) is 0.303. The number of halogens is 2. The maximum absolute atomic E-state index is 13.9. The van der Waals surface area contributed by atoms with Gasteiger partial charge in [-0.1, -0.05) is 46.7 Å². The van der Waals surface area contributed by atoms with E-state index in [-0.39, 0.29) is 22.1 Å². The third-order valence-electron chi connectivity index (χ3n) is 6.87. The Hall–Kier alpha value is -3.92. The molecule has 1 atom stereocenters. The number of likely N-dealkylation sites (N-methyl/N-ethyl adjacent to an activating group) is 1. The van der Waals surface area contributed by atoms with Gasteiger partial charge in [-0.15, -0.1) is 0 Å². The molecule has 11 heteroatoms. The number of benzene rings is 2. The van der Waals surface area contributed by atoms with Crippen molar-refractivity contribution in [3.8, 4) is 11.3 Å². The number of aromatic carboxylic acids is 1. The van der Waals surface area contributed by atoms with Crippen LogP contribution in [0.2, 0.25) is 10.0 Å². The van der Waals surface area contributed by atoms with Crippen molar-refractivity contribution in [3.05, 3.63) is 112 Å². The van der Waals surface area contributed by atoms with E-state index in [9.17, 15) is 19.5 Å². The average Bonchev–Trinajstić information content (AvgIpc) is 3.53. The third-order valence-corrected chi connectivity index (χ3v) is 8.43. The Morgan fingerprint density at radius 3 is 2.46 bits per heavy atom. The molecule has 0 bridgehead atoms. The standard InChI is InChI=1S/C30H25Cl2N3O5S/c1-4-34(5-2)28(37)25-16(3)33-30-35(26(25)17-6-9-19(31)10-7-17)27(36)24(41-30)15-20-11-13-23(40-20)18-8-12-22(32)21(14-18)29(38)39/h6-15,26H,4-5H2,1-3H3,(H,38,39)/b24-15+/t26-/m0/s1. The van der Waals surface area contributed by atoms with Gasteiger partial charge in [0.05, 0.1) is 32.4 Å². The van der Waals surface area contributed by atoms with Gasteiger partial charge < -0.3 is 14.4 Å². The Kier molecular flexibility index (Phi) is 8.04. The second-order valence-electron chi connectivity index (χ2n) is 9.31. The highest BCUT2D eigenvalue weighted by atomic mass is 35.5. The molecule has 0 radical (unpaired) electrons. The van der Waals surface area contributed by atoms with Crippen LogP contribution in [0, 0.1) is 0 Å². The topological polar surface area (TPSA) is 105 Å². The molecule has 8 nitrogen and oxygen atoms in total. The summed E-state index contributed by atoms with van der Waals surface area (Å²) >= 11 is 13.4. The molecule has 1 amide bonds. The molecule has 0 saturated heterocycles. The number of hydrogen-bond donors (Lipinski definition) is 1. The van der Waals surface area contributed by atoms with Gasteiger partial charge in [-0.2, -0.15) is 0 Å². The van der Waals surface area contributed by atoms with Crippen molar-refractivity contribution in [1.29, 1.82) is 0 Å². The maximum Gasteiger partial charge on any atom is 0.337 e. The maximum atomic E-state index is 13.9. The molecule has 0 fully saturated rings. The van der Waals surface area contributed by atoms with Crippen LogP contribution >= 0.6 is 34.5 Å². The zero-order valence-corrected chi connectivity index (χ0v) is 24.7. The van der Waals surface area contributed by atoms with Crippen molar-refractivity contribution in [1.82, 2.24) is 9.47 Å². The Morgan fingerprint density at radius 2 is 1.80 bits per heavy atom. The first-order chi connectivity index (χ1) is 19.6.